The second-order valence-corrected chi connectivity index (χ2v) is 4.39. The number of aromatic nitrogens is 1. The number of pyridine rings is 1. The molecular weight excluding hydrogens is 259 g/mol. The standard InChI is InChI=1S/C12H10Cl2N2O/c13-8-3-9(14)5-11(4-8)15-6-10-1-2-12(17)7-16-10/h1-5,7,15,17H,6H2. The summed E-state index contributed by atoms with van der Waals surface area (Å²) in [6.45, 7) is 0.539. The van der Waals surface area contributed by atoms with Crippen LogP contribution in [0, 0.1) is 0 Å². The van der Waals surface area contributed by atoms with Crippen LogP contribution in [0.4, 0.5) is 5.69 Å². The van der Waals surface area contributed by atoms with E-state index in [2.05, 4.69) is 10.3 Å². The molecule has 2 rings (SSSR count). The summed E-state index contributed by atoms with van der Waals surface area (Å²) in [7, 11) is 0. The van der Waals surface area contributed by atoms with Gasteiger partial charge in [0.25, 0.3) is 0 Å². The lowest BCUT2D eigenvalue weighted by Crippen LogP contribution is -2.01. The van der Waals surface area contributed by atoms with Gasteiger partial charge < -0.3 is 10.4 Å². The minimum absolute atomic E-state index is 0.152. The third-order valence-corrected chi connectivity index (χ3v) is 2.58. The van der Waals surface area contributed by atoms with Crippen molar-refractivity contribution in [2.45, 2.75) is 6.54 Å². The van der Waals surface area contributed by atoms with Crippen molar-refractivity contribution < 1.29 is 5.11 Å². The molecule has 0 amide bonds. The Morgan fingerprint density at radius 3 is 2.41 bits per heavy atom. The van der Waals surface area contributed by atoms with Gasteiger partial charge in [0.15, 0.2) is 0 Å². The smallest absolute Gasteiger partial charge is 0.133 e. The van der Waals surface area contributed by atoms with Crippen LogP contribution in [0.2, 0.25) is 10.0 Å². The molecule has 2 N–H and O–H groups in total. The van der Waals surface area contributed by atoms with Crippen LogP contribution in [0.15, 0.2) is 36.5 Å². The van der Waals surface area contributed by atoms with Crippen molar-refractivity contribution in [2.75, 3.05) is 5.32 Å². The van der Waals surface area contributed by atoms with E-state index in [9.17, 15) is 0 Å². The summed E-state index contributed by atoms with van der Waals surface area (Å²) < 4.78 is 0. The molecule has 88 valence electrons. The second kappa shape index (κ2) is 5.25. The van der Waals surface area contributed by atoms with Crippen LogP contribution < -0.4 is 5.32 Å². The maximum absolute atomic E-state index is 9.10. The molecule has 3 nitrogen and oxygen atoms in total. The number of rotatable bonds is 3. The third-order valence-electron chi connectivity index (χ3n) is 2.15. The Balaban J connectivity index is 2.04. The van der Waals surface area contributed by atoms with E-state index in [1.54, 1.807) is 30.3 Å². The summed E-state index contributed by atoms with van der Waals surface area (Å²) in [5.74, 6) is 0.152. The highest BCUT2D eigenvalue weighted by atomic mass is 35.5. The van der Waals surface area contributed by atoms with Gasteiger partial charge in [-0.1, -0.05) is 23.2 Å². The Morgan fingerprint density at radius 2 is 1.82 bits per heavy atom. The molecule has 0 bridgehead atoms. The van der Waals surface area contributed by atoms with Gasteiger partial charge in [-0.3, -0.25) is 4.98 Å². The topological polar surface area (TPSA) is 45.1 Å². The molecule has 0 spiro atoms. The normalized spacial score (nSPS) is 10.2. The number of halogens is 2. The zero-order chi connectivity index (χ0) is 12.3. The number of benzene rings is 1. The number of hydrogen-bond donors (Lipinski definition) is 2. The average molecular weight is 269 g/mol. The summed E-state index contributed by atoms with van der Waals surface area (Å²) >= 11 is 11.8. The molecule has 0 unspecified atom stereocenters. The first-order valence-corrected chi connectivity index (χ1v) is 5.73. The Hall–Kier alpha value is -1.45. The van der Waals surface area contributed by atoms with Gasteiger partial charge in [0.2, 0.25) is 0 Å². The summed E-state index contributed by atoms with van der Waals surface area (Å²) in [6, 6.07) is 8.58. The molecule has 1 aromatic carbocycles. The van der Waals surface area contributed by atoms with Crippen LogP contribution >= 0.6 is 23.2 Å². The van der Waals surface area contributed by atoms with Gasteiger partial charge in [-0.2, -0.15) is 0 Å². The van der Waals surface area contributed by atoms with Crippen molar-refractivity contribution in [1.29, 1.82) is 0 Å². The fourth-order valence-corrected chi connectivity index (χ4v) is 1.90. The summed E-state index contributed by atoms with van der Waals surface area (Å²) in [5.41, 5.74) is 1.65. The lowest BCUT2D eigenvalue weighted by molar-refractivity contribution is 0.472. The predicted octanol–water partition coefficient (Wildman–Crippen LogP) is 3.71. The van der Waals surface area contributed by atoms with Crippen molar-refractivity contribution in [3.05, 3.63) is 52.3 Å². The minimum Gasteiger partial charge on any atom is -0.506 e. The van der Waals surface area contributed by atoms with E-state index in [1.807, 2.05) is 0 Å². The highest BCUT2D eigenvalue weighted by Crippen LogP contribution is 2.22. The Morgan fingerprint density at radius 1 is 1.12 bits per heavy atom. The van der Waals surface area contributed by atoms with Gasteiger partial charge in [0.1, 0.15) is 5.75 Å². The van der Waals surface area contributed by atoms with E-state index in [4.69, 9.17) is 28.3 Å². The largest absolute Gasteiger partial charge is 0.506 e. The van der Waals surface area contributed by atoms with Crippen LogP contribution in [0.1, 0.15) is 5.69 Å². The van der Waals surface area contributed by atoms with Gasteiger partial charge >= 0.3 is 0 Å². The van der Waals surface area contributed by atoms with Crippen molar-refractivity contribution in [3.8, 4) is 5.75 Å². The first-order valence-electron chi connectivity index (χ1n) is 4.97. The first-order chi connectivity index (χ1) is 8.13. The van der Waals surface area contributed by atoms with Crippen molar-refractivity contribution in [1.82, 2.24) is 4.98 Å². The fourth-order valence-electron chi connectivity index (χ4n) is 1.37. The highest BCUT2D eigenvalue weighted by Gasteiger charge is 1.99. The SMILES string of the molecule is Oc1ccc(CNc2cc(Cl)cc(Cl)c2)nc1. The first kappa shape index (κ1) is 12.0. The predicted molar refractivity (Wildman–Crippen MR) is 69.7 cm³/mol. The van der Waals surface area contributed by atoms with Gasteiger partial charge in [-0.05, 0) is 30.3 Å². The lowest BCUT2D eigenvalue weighted by Gasteiger charge is -2.07. The van der Waals surface area contributed by atoms with Gasteiger partial charge in [0, 0.05) is 15.7 Å². The minimum atomic E-state index is 0.152. The molecule has 0 saturated carbocycles. The van der Waals surface area contributed by atoms with Crippen LogP contribution in [0.5, 0.6) is 5.75 Å². The molecule has 0 atom stereocenters. The van der Waals surface area contributed by atoms with Gasteiger partial charge in [-0.15, -0.1) is 0 Å². The van der Waals surface area contributed by atoms with Gasteiger partial charge in [0.05, 0.1) is 18.4 Å². The lowest BCUT2D eigenvalue weighted by atomic mass is 10.3. The van der Waals surface area contributed by atoms with Gasteiger partial charge in [-0.25, -0.2) is 0 Å². The molecule has 0 fully saturated rings. The van der Waals surface area contributed by atoms with E-state index in [0.29, 0.717) is 16.6 Å². The van der Waals surface area contributed by atoms with Crippen LogP contribution in [-0.4, -0.2) is 10.1 Å². The Labute approximate surface area is 109 Å². The third kappa shape index (κ3) is 3.51. The maximum Gasteiger partial charge on any atom is 0.133 e. The number of hydrogen-bond acceptors (Lipinski definition) is 3. The molecule has 1 heterocycles. The van der Waals surface area contributed by atoms with E-state index >= 15 is 0 Å². The number of anilines is 1. The monoisotopic (exact) mass is 268 g/mol. The van der Waals surface area contributed by atoms with E-state index < -0.39 is 0 Å². The van der Waals surface area contributed by atoms with Crippen LogP contribution in [-0.2, 0) is 6.54 Å². The molecule has 0 aliphatic carbocycles. The zero-order valence-electron chi connectivity index (χ0n) is 8.82. The number of nitrogens with zero attached hydrogens (tertiary/aromatic N) is 1. The average Bonchev–Trinajstić information content (AvgIpc) is 2.27. The zero-order valence-corrected chi connectivity index (χ0v) is 10.3. The molecule has 17 heavy (non-hydrogen) atoms. The quantitative estimate of drug-likeness (QED) is 0.892. The molecule has 5 heteroatoms. The molecular formula is C12H10Cl2N2O. The van der Waals surface area contributed by atoms with Crippen LogP contribution in [0.3, 0.4) is 0 Å². The van der Waals surface area contributed by atoms with E-state index in [0.717, 1.165) is 11.4 Å². The summed E-state index contributed by atoms with van der Waals surface area (Å²) in [4.78, 5) is 4.06. The number of aromatic hydroxyl groups is 1. The Bertz CT molecular complexity index is 494. The summed E-state index contributed by atoms with van der Waals surface area (Å²) in [5, 5.41) is 13.4. The molecule has 0 aliphatic heterocycles. The summed E-state index contributed by atoms with van der Waals surface area (Å²) in [6.07, 6.45) is 1.40. The molecule has 0 saturated heterocycles. The molecule has 0 aliphatic rings. The molecule has 2 aromatic rings. The van der Waals surface area contributed by atoms with E-state index in [-0.39, 0.29) is 5.75 Å². The van der Waals surface area contributed by atoms with Crippen LogP contribution in [0.25, 0.3) is 0 Å². The molecule has 1 aromatic heterocycles. The second-order valence-electron chi connectivity index (χ2n) is 3.52. The fraction of sp³-hybridized carbons (Fsp3) is 0.0833. The number of nitrogens with one attached hydrogen (secondary N) is 1. The van der Waals surface area contributed by atoms with Crippen molar-refractivity contribution in [3.63, 3.8) is 0 Å². The van der Waals surface area contributed by atoms with Crippen molar-refractivity contribution >= 4 is 28.9 Å². The highest BCUT2D eigenvalue weighted by molar-refractivity contribution is 6.35. The Kier molecular flexibility index (Phi) is 3.71. The van der Waals surface area contributed by atoms with E-state index in [1.165, 1.54) is 6.20 Å². The van der Waals surface area contributed by atoms with Crippen molar-refractivity contribution in [2.24, 2.45) is 0 Å². The maximum atomic E-state index is 9.10. The molecule has 0 radical (unpaired) electrons.